The normalized spacial score (nSPS) is 23.5. The van der Waals surface area contributed by atoms with Gasteiger partial charge in [-0.1, -0.05) is 13.3 Å². The number of sulfone groups is 1. The van der Waals surface area contributed by atoms with E-state index in [1.54, 1.807) is 11.8 Å². The van der Waals surface area contributed by atoms with Crippen molar-refractivity contribution in [3.63, 3.8) is 0 Å². The van der Waals surface area contributed by atoms with E-state index >= 15 is 0 Å². The molecule has 0 radical (unpaired) electrons. The zero-order valence-corrected chi connectivity index (χ0v) is 11.9. The van der Waals surface area contributed by atoms with Crippen LogP contribution in [0.3, 0.4) is 0 Å². The summed E-state index contributed by atoms with van der Waals surface area (Å²) in [5.74, 6) is 0.989. The fraction of sp³-hybridized carbons (Fsp3) is 0.900. The molecule has 0 aromatic rings. The van der Waals surface area contributed by atoms with Gasteiger partial charge in [-0.15, -0.1) is 0 Å². The molecular weight excluding hydrogens is 260 g/mol. The summed E-state index contributed by atoms with van der Waals surface area (Å²) in [7, 11) is -3.24. The molecule has 1 rings (SSSR count). The SMILES string of the molecule is CCCC(N)C(=O)N1CCSCC1S(C)(=O)=O. The number of nitrogens with two attached hydrogens (primary N) is 1. The average molecular weight is 280 g/mol. The summed E-state index contributed by atoms with van der Waals surface area (Å²) in [5, 5.41) is -0.711. The predicted molar refractivity (Wildman–Crippen MR) is 70.6 cm³/mol. The number of carbonyl (C=O) groups is 1. The van der Waals surface area contributed by atoms with E-state index in [1.807, 2.05) is 6.92 Å². The lowest BCUT2D eigenvalue weighted by Gasteiger charge is -2.35. The van der Waals surface area contributed by atoms with Gasteiger partial charge in [-0.05, 0) is 6.42 Å². The Balaban J connectivity index is 2.81. The van der Waals surface area contributed by atoms with Crippen LogP contribution in [-0.2, 0) is 14.6 Å². The van der Waals surface area contributed by atoms with Crippen LogP contribution in [0.1, 0.15) is 19.8 Å². The standard InChI is InChI=1S/C10H20N2O3S2/c1-3-4-8(11)10(13)12-5-6-16-7-9(12)17(2,14)15/h8-9H,3-7,11H2,1-2H3. The maximum absolute atomic E-state index is 12.1. The second kappa shape index (κ2) is 6.06. The summed E-state index contributed by atoms with van der Waals surface area (Å²) < 4.78 is 23.3. The van der Waals surface area contributed by atoms with Gasteiger partial charge in [0.25, 0.3) is 0 Å². The number of hydrogen-bond donors (Lipinski definition) is 1. The molecule has 0 bridgehead atoms. The Kier molecular flexibility index (Phi) is 5.27. The first-order valence-electron chi connectivity index (χ1n) is 5.70. The summed E-state index contributed by atoms with van der Waals surface area (Å²) in [6, 6.07) is -0.577. The van der Waals surface area contributed by atoms with Crippen molar-refractivity contribution in [2.45, 2.75) is 31.2 Å². The van der Waals surface area contributed by atoms with E-state index in [0.29, 0.717) is 18.7 Å². The van der Waals surface area contributed by atoms with E-state index in [-0.39, 0.29) is 5.91 Å². The number of amides is 1. The van der Waals surface area contributed by atoms with Gasteiger partial charge in [-0.25, -0.2) is 8.42 Å². The maximum atomic E-state index is 12.1. The maximum Gasteiger partial charge on any atom is 0.240 e. The minimum Gasteiger partial charge on any atom is -0.323 e. The molecule has 2 unspecified atom stereocenters. The van der Waals surface area contributed by atoms with Gasteiger partial charge in [0.2, 0.25) is 5.91 Å². The van der Waals surface area contributed by atoms with Crippen LogP contribution in [0.4, 0.5) is 0 Å². The summed E-state index contributed by atoms with van der Waals surface area (Å²) in [6.45, 7) is 2.42. The van der Waals surface area contributed by atoms with Gasteiger partial charge in [0, 0.05) is 24.3 Å². The molecule has 1 saturated heterocycles. The van der Waals surface area contributed by atoms with Gasteiger partial charge in [0.05, 0.1) is 6.04 Å². The summed E-state index contributed by atoms with van der Waals surface area (Å²) in [5.41, 5.74) is 5.77. The van der Waals surface area contributed by atoms with E-state index in [4.69, 9.17) is 5.73 Å². The minimum atomic E-state index is -3.24. The third-order valence-electron chi connectivity index (χ3n) is 2.78. The van der Waals surface area contributed by atoms with E-state index < -0.39 is 21.3 Å². The molecule has 1 aliphatic rings. The smallest absolute Gasteiger partial charge is 0.240 e. The summed E-state index contributed by atoms with van der Waals surface area (Å²) in [4.78, 5) is 13.5. The molecule has 5 nitrogen and oxygen atoms in total. The highest BCUT2D eigenvalue weighted by Crippen LogP contribution is 2.21. The molecule has 1 amide bonds. The first kappa shape index (κ1) is 14.8. The Morgan fingerprint density at radius 1 is 1.59 bits per heavy atom. The van der Waals surface area contributed by atoms with E-state index in [9.17, 15) is 13.2 Å². The highest BCUT2D eigenvalue weighted by molar-refractivity contribution is 8.00. The third-order valence-corrected chi connectivity index (χ3v) is 5.42. The van der Waals surface area contributed by atoms with E-state index in [2.05, 4.69) is 0 Å². The van der Waals surface area contributed by atoms with Gasteiger partial charge in [0.1, 0.15) is 5.37 Å². The molecule has 2 atom stereocenters. The Labute approximate surface area is 107 Å². The molecule has 0 aliphatic carbocycles. The van der Waals surface area contributed by atoms with Crippen LogP contribution in [0.25, 0.3) is 0 Å². The third kappa shape index (κ3) is 3.86. The second-order valence-corrected chi connectivity index (χ2v) is 7.64. The Morgan fingerprint density at radius 2 is 2.24 bits per heavy atom. The van der Waals surface area contributed by atoms with Crippen LogP contribution in [-0.4, -0.2) is 54.9 Å². The topological polar surface area (TPSA) is 80.5 Å². The van der Waals surface area contributed by atoms with E-state index in [1.165, 1.54) is 11.2 Å². The number of hydrogen-bond acceptors (Lipinski definition) is 5. The quantitative estimate of drug-likeness (QED) is 0.787. The molecule has 2 N–H and O–H groups in total. The Bertz CT molecular complexity index is 370. The van der Waals surface area contributed by atoms with Crippen LogP contribution in [0, 0.1) is 0 Å². The number of carbonyl (C=O) groups excluding carboxylic acids is 1. The molecule has 100 valence electrons. The van der Waals surface area contributed by atoms with Crippen LogP contribution < -0.4 is 5.73 Å². The largest absolute Gasteiger partial charge is 0.323 e. The predicted octanol–water partition coefficient (Wildman–Crippen LogP) is 0.0599. The van der Waals surface area contributed by atoms with Crippen LogP contribution >= 0.6 is 11.8 Å². The summed E-state index contributed by atoms with van der Waals surface area (Å²) in [6.07, 6.45) is 2.59. The van der Waals surface area contributed by atoms with Gasteiger partial charge < -0.3 is 10.6 Å². The number of rotatable bonds is 4. The number of thioether (sulfide) groups is 1. The highest BCUT2D eigenvalue weighted by atomic mass is 32.2. The van der Waals surface area contributed by atoms with Crippen molar-refractivity contribution in [1.82, 2.24) is 4.90 Å². The van der Waals surface area contributed by atoms with Gasteiger partial charge in [-0.2, -0.15) is 11.8 Å². The Morgan fingerprint density at radius 3 is 2.76 bits per heavy atom. The fourth-order valence-electron chi connectivity index (χ4n) is 1.84. The monoisotopic (exact) mass is 280 g/mol. The molecule has 0 aromatic heterocycles. The lowest BCUT2D eigenvalue weighted by atomic mass is 10.1. The molecule has 7 heteroatoms. The van der Waals surface area contributed by atoms with Crippen LogP contribution in [0.15, 0.2) is 0 Å². The zero-order valence-electron chi connectivity index (χ0n) is 10.3. The molecule has 17 heavy (non-hydrogen) atoms. The average Bonchev–Trinajstić information content (AvgIpc) is 2.27. The van der Waals surface area contributed by atoms with Crippen molar-refractivity contribution in [3.05, 3.63) is 0 Å². The van der Waals surface area contributed by atoms with Crippen molar-refractivity contribution in [3.8, 4) is 0 Å². The van der Waals surface area contributed by atoms with Crippen molar-refractivity contribution < 1.29 is 13.2 Å². The number of nitrogens with zero attached hydrogens (tertiary/aromatic N) is 1. The van der Waals surface area contributed by atoms with Crippen LogP contribution in [0.5, 0.6) is 0 Å². The van der Waals surface area contributed by atoms with Crippen LogP contribution in [0.2, 0.25) is 0 Å². The van der Waals surface area contributed by atoms with E-state index in [0.717, 1.165) is 12.2 Å². The highest BCUT2D eigenvalue weighted by Gasteiger charge is 2.35. The second-order valence-electron chi connectivity index (χ2n) is 4.29. The lowest BCUT2D eigenvalue weighted by molar-refractivity contribution is -0.133. The first-order valence-corrected chi connectivity index (χ1v) is 8.81. The molecule has 1 fully saturated rings. The summed E-state index contributed by atoms with van der Waals surface area (Å²) >= 11 is 1.56. The molecule has 0 saturated carbocycles. The fourth-order valence-corrected chi connectivity index (χ4v) is 4.66. The molecule has 0 aromatic carbocycles. The van der Waals surface area contributed by atoms with Crippen molar-refractivity contribution in [2.75, 3.05) is 24.3 Å². The minimum absolute atomic E-state index is 0.234. The zero-order chi connectivity index (χ0) is 13.1. The molecule has 0 spiro atoms. The first-order chi connectivity index (χ1) is 7.88. The van der Waals surface area contributed by atoms with Crippen molar-refractivity contribution in [2.24, 2.45) is 5.73 Å². The van der Waals surface area contributed by atoms with Gasteiger partial charge in [0.15, 0.2) is 9.84 Å². The molecular formula is C10H20N2O3S2. The van der Waals surface area contributed by atoms with Crippen molar-refractivity contribution in [1.29, 1.82) is 0 Å². The molecule has 1 heterocycles. The molecule has 1 aliphatic heterocycles. The lowest BCUT2D eigenvalue weighted by Crippen LogP contribution is -2.54. The van der Waals surface area contributed by atoms with Gasteiger partial charge >= 0.3 is 0 Å². The Hall–Kier alpha value is -0.270. The van der Waals surface area contributed by atoms with Crippen molar-refractivity contribution >= 4 is 27.5 Å². The van der Waals surface area contributed by atoms with Gasteiger partial charge in [-0.3, -0.25) is 4.79 Å².